The van der Waals surface area contributed by atoms with Gasteiger partial charge in [0.05, 0.1) is 0 Å². The molecule has 2 aliphatic heterocycles. The van der Waals surface area contributed by atoms with E-state index >= 15 is 0 Å². The van der Waals surface area contributed by atoms with Gasteiger partial charge in [0, 0.05) is 45.1 Å². The zero-order valence-electron chi connectivity index (χ0n) is 16.3. The van der Waals surface area contributed by atoms with Crippen LogP contribution in [-0.4, -0.2) is 62.7 Å². The third kappa shape index (κ3) is 3.63. The zero-order chi connectivity index (χ0) is 18.9. The molecule has 144 valence electrons. The van der Waals surface area contributed by atoms with E-state index in [1.165, 1.54) is 12.0 Å². The Labute approximate surface area is 161 Å². The monoisotopic (exact) mass is 367 g/mol. The molecule has 3 heterocycles. The molecule has 2 aromatic rings. The second-order valence-corrected chi connectivity index (χ2v) is 8.16. The molecule has 27 heavy (non-hydrogen) atoms. The Hall–Kier alpha value is -2.21. The Bertz CT molecular complexity index is 779. The number of likely N-dealkylation sites (tertiary alicyclic amines) is 2. The van der Waals surface area contributed by atoms with Crippen LogP contribution in [-0.2, 0) is 18.3 Å². The maximum atomic E-state index is 12.6. The smallest absolute Gasteiger partial charge is 0.223 e. The first-order valence-corrected chi connectivity index (χ1v) is 9.94. The first-order chi connectivity index (χ1) is 13.1. The fraction of sp³-hybridized carbons (Fsp3) is 0.571. The fourth-order valence-corrected chi connectivity index (χ4v) is 4.82. The largest absolute Gasteiger partial charge is 0.343 e. The number of benzene rings is 1. The van der Waals surface area contributed by atoms with Crippen LogP contribution in [0.15, 0.2) is 36.7 Å². The summed E-state index contributed by atoms with van der Waals surface area (Å²) in [6, 6.07) is 10.9. The summed E-state index contributed by atoms with van der Waals surface area (Å²) >= 11 is 0. The minimum Gasteiger partial charge on any atom is -0.343 e. The standard InChI is InChI=1S/C21H29N5O/c1-24-16-22-23-19(24)8-9-20(27)26-12-10-21(11-13-26)14-18(15-25(21)2)17-6-4-3-5-7-17/h3-7,16,18H,8-15H2,1-2H3/t18-/m1/s1. The number of hydrogen-bond donors (Lipinski definition) is 0. The van der Waals surface area contributed by atoms with E-state index in [-0.39, 0.29) is 11.4 Å². The molecule has 0 bridgehead atoms. The van der Waals surface area contributed by atoms with Crippen molar-refractivity contribution >= 4 is 5.91 Å². The highest BCUT2D eigenvalue weighted by molar-refractivity contribution is 5.76. The van der Waals surface area contributed by atoms with Crippen molar-refractivity contribution < 1.29 is 4.79 Å². The van der Waals surface area contributed by atoms with E-state index in [1.54, 1.807) is 6.33 Å². The molecule has 6 nitrogen and oxygen atoms in total. The maximum Gasteiger partial charge on any atom is 0.223 e. The van der Waals surface area contributed by atoms with Gasteiger partial charge >= 0.3 is 0 Å². The summed E-state index contributed by atoms with van der Waals surface area (Å²) in [7, 11) is 4.18. The molecule has 1 atom stereocenters. The van der Waals surface area contributed by atoms with E-state index in [2.05, 4.69) is 52.5 Å². The van der Waals surface area contributed by atoms with E-state index in [9.17, 15) is 4.79 Å². The van der Waals surface area contributed by atoms with Gasteiger partial charge in [-0.05, 0) is 37.8 Å². The highest BCUT2D eigenvalue weighted by atomic mass is 16.2. The molecule has 1 aromatic carbocycles. The summed E-state index contributed by atoms with van der Waals surface area (Å²) in [6.45, 7) is 2.84. The van der Waals surface area contributed by atoms with Crippen LogP contribution in [0, 0.1) is 0 Å². The third-order valence-corrected chi connectivity index (χ3v) is 6.62. The highest BCUT2D eigenvalue weighted by Gasteiger charge is 2.46. The summed E-state index contributed by atoms with van der Waals surface area (Å²) in [6.07, 6.45) is 6.21. The molecule has 0 unspecified atom stereocenters. The van der Waals surface area contributed by atoms with Crippen LogP contribution in [0.3, 0.4) is 0 Å². The predicted octanol–water partition coefficient (Wildman–Crippen LogP) is 2.23. The number of nitrogens with zero attached hydrogens (tertiary/aromatic N) is 5. The molecule has 6 heteroatoms. The van der Waals surface area contributed by atoms with Crippen molar-refractivity contribution in [2.24, 2.45) is 7.05 Å². The van der Waals surface area contributed by atoms with Crippen molar-refractivity contribution in [1.29, 1.82) is 0 Å². The Morgan fingerprint density at radius 3 is 2.59 bits per heavy atom. The molecule has 4 rings (SSSR count). The van der Waals surface area contributed by atoms with Crippen molar-refractivity contribution in [2.75, 3.05) is 26.7 Å². The predicted molar refractivity (Wildman–Crippen MR) is 104 cm³/mol. The summed E-state index contributed by atoms with van der Waals surface area (Å²) < 4.78 is 1.88. The maximum absolute atomic E-state index is 12.6. The number of likely N-dealkylation sites (N-methyl/N-ethyl adjacent to an activating group) is 1. The highest BCUT2D eigenvalue weighted by Crippen LogP contribution is 2.43. The lowest BCUT2D eigenvalue weighted by atomic mass is 9.81. The topological polar surface area (TPSA) is 54.3 Å². The van der Waals surface area contributed by atoms with Crippen LogP contribution in [0.2, 0.25) is 0 Å². The second kappa shape index (κ2) is 7.43. The number of hydrogen-bond acceptors (Lipinski definition) is 4. The molecule has 0 aliphatic carbocycles. The quantitative estimate of drug-likeness (QED) is 0.832. The zero-order valence-corrected chi connectivity index (χ0v) is 16.3. The van der Waals surface area contributed by atoms with Gasteiger partial charge in [0.15, 0.2) is 0 Å². The van der Waals surface area contributed by atoms with Gasteiger partial charge in [0.25, 0.3) is 0 Å². The summed E-state index contributed by atoms with van der Waals surface area (Å²) in [5.74, 6) is 1.72. The third-order valence-electron chi connectivity index (χ3n) is 6.62. The van der Waals surface area contributed by atoms with Crippen LogP contribution in [0.5, 0.6) is 0 Å². The van der Waals surface area contributed by atoms with Crippen LogP contribution < -0.4 is 0 Å². The van der Waals surface area contributed by atoms with Crippen molar-refractivity contribution in [3.05, 3.63) is 48.0 Å². The SMILES string of the molecule is CN1C[C@H](c2ccccc2)CC12CCN(C(=O)CCc1nncn1C)CC2. The number of rotatable bonds is 4. The molecule has 2 saturated heterocycles. The fourth-order valence-electron chi connectivity index (χ4n) is 4.82. The molecule has 1 spiro atoms. The Balaban J connectivity index is 1.33. The lowest BCUT2D eigenvalue weighted by Gasteiger charge is -2.43. The molecule has 1 aromatic heterocycles. The van der Waals surface area contributed by atoms with Crippen LogP contribution in [0.1, 0.15) is 43.0 Å². The van der Waals surface area contributed by atoms with Gasteiger partial charge in [-0.15, -0.1) is 10.2 Å². The van der Waals surface area contributed by atoms with Gasteiger partial charge in [0.2, 0.25) is 5.91 Å². The lowest BCUT2D eigenvalue weighted by molar-refractivity contribution is -0.133. The van der Waals surface area contributed by atoms with Gasteiger partial charge in [-0.2, -0.15) is 0 Å². The summed E-state index contributed by atoms with van der Waals surface area (Å²) in [4.78, 5) is 17.2. The number of amides is 1. The minimum absolute atomic E-state index is 0.244. The van der Waals surface area contributed by atoms with Crippen molar-refractivity contribution in [1.82, 2.24) is 24.6 Å². The number of carbonyl (C=O) groups is 1. The Kier molecular flexibility index (Phi) is 5.00. The van der Waals surface area contributed by atoms with Crippen molar-refractivity contribution in [3.63, 3.8) is 0 Å². The van der Waals surface area contributed by atoms with E-state index in [0.29, 0.717) is 18.8 Å². The van der Waals surface area contributed by atoms with Crippen LogP contribution in [0.25, 0.3) is 0 Å². The summed E-state index contributed by atoms with van der Waals surface area (Å²) in [5.41, 5.74) is 1.70. The van der Waals surface area contributed by atoms with E-state index in [4.69, 9.17) is 0 Å². The van der Waals surface area contributed by atoms with Gasteiger partial charge in [-0.3, -0.25) is 9.69 Å². The van der Waals surface area contributed by atoms with Crippen molar-refractivity contribution in [3.8, 4) is 0 Å². The van der Waals surface area contributed by atoms with Crippen LogP contribution >= 0.6 is 0 Å². The van der Waals surface area contributed by atoms with Gasteiger partial charge < -0.3 is 9.47 Å². The number of carbonyl (C=O) groups excluding carboxylic acids is 1. The van der Waals surface area contributed by atoms with E-state index < -0.39 is 0 Å². The average Bonchev–Trinajstić information content (AvgIpc) is 3.24. The van der Waals surface area contributed by atoms with E-state index in [1.807, 2.05) is 16.5 Å². The molecule has 0 N–H and O–H groups in total. The molecule has 2 fully saturated rings. The van der Waals surface area contributed by atoms with Gasteiger partial charge in [-0.1, -0.05) is 30.3 Å². The van der Waals surface area contributed by atoms with Gasteiger partial charge in [0.1, 0.15) is 12.2 Å². The molecule has 0 saturated carbocycles. The molecular weight excluding hydrogens is 338 g/mol. The number of aromatic nitrogens is 3. The number of piperidine rings is 1. The van der Waals surface area contributed by atoms with E-state index in [0.717, 1.165) is 38.3 Å². The Morgan fingerprint density at radius 1 is 1.19 bits per heavy atom. The average molecular weight is 367 g/mol. The molecular formula is C21H29N5O. The summed E-state index contributed by atoms with van der Waals surface area (Å²) in [5, 5.41) is 7.96. The Morgan fingerprint density at radius 2 is 1.93 bits per heavy atom. The molecule has 0 radical (unpaired) electrons. The van der Waals surface area contributed by atoms with Crippen molar-refractivity contribution in [2.45, 2.75) is 43.6 Å². The lowest BCUT2D eigenvalue weighted by Crippen LogP contribution is -2.52. The number of aryl methyl sites for hydroxylation is 2. The first-order valence-electron chi connectivity index (χ1n) is 9.94. The molecule has 1 amide bonds. The van der Waals surface area contributed by atoms with Gasteiger partial charge in [-0.25, -0.2) is 0 Å². The second-order valence-electron chi connectivity index (χ2n) is 8.16. The minimum atomic E-state index is 0.244. The molecule has 2 aliphatic rings. The first kappa shape index (κ1) is 18.2. The van der Waals surface area contributed by atoms with Crippen LogP contribution in [0.4, 0.5) is 0 Å². The normalized spacial score (nSPS) is 22.4.